The quantitative estimate of drug-likeness (QED) is 0.434. The number of nitro groups is 1. The van der Waals surface area contributed by atoms with Crippen LogP contribution in [0.1, 0.15) is 42.2 Å². The summed E-state index contributed by atoms with van der Waals surface area (Å²) in [4.78, 5) is 49.5. The maximum Gasteiger partial charge on any atom is 0.308 e. The number of ether oxygens (including phenoxy) is 1. The van der Waals surface area contributed by atoms with Gasteiger partial charge in [-0.05, 0) is 26.0 Å². The number of hydrogen-bond donors (Lipinski definition) is 2. The molecule has 0 bridgehead atoms. The minimum atomic E-state index is -1.04. The standard InChI is InChI=1S/C18H19N3O6/c1-11(2)27-16(22)10-14(12-6-3-4-8-15(12)21(25)26)20-18(24)13-7-5-9-19-17(13)23/h3-9,11,14H,10H2,1-2H3,(H,19,23)(H,20,24)/t14-/m0/s1. The normalized spacial score (nSPS) is 11.7. The zero-order chi connectivity index (χ0) is 20.0. The molecule has 0 aliphatic rings. The third-order valence-corrected chi connectivity index (χ3v) is 3.61. The minimum absolute atomic E-state index is 0.143. The van der Waals surface area contributed by atoms with Crippen molar-refractivity contribution in [1.82, 2.24) is 10.3 Å². The van der Waals surface area contributed by atoms with E-state index in [9.17, 15) is 24.5 Å². The number of nitrogens with one attached hydrogen (secondary N) is 2. The third kappa shape index (κ3) is 5.24. The molecule has 2 aromatic rings. The van der Waals surface area contributed by atoms with Crippen LogP contribution in [0.15, 0.2) is 47.4 Å². The van der Waals surface area contributed by atoms with E-state index in [2.05, 4.69) is 10.3 Å². The van der Waals surface area contributed by atoms with E-state index in [0.717, 1.165) is 0 Å². The lowest BCUT2D eigenvalue weighted by Crippen LogP contribution is -2.34. The van der Waals surface area contributed by atoms with Crippen molar-refractivity contribution in [2.75, 3.05) is 0 Å². The second kappa shape index (κ2) is 8.75. The predicted octanol–water partition coefficient (Wildman–Crippen LogP) is 2.10. The average molecular weight is 373 g/mol. The van der Waals surface area contributed by atoms with Gasteiger partial charge < -0.3 is 15.0 Å². The molecular weight excluding hydrogens is 354 g/mol. The van der Waals surface area contributed by atoms with Crippen LogP contribution in [0, 0.1) is 10.1 Å². The van der Waals surface area contributed by atoms with Gasteiger partial charge in [-0.1, -0.05) is 18.2 Å². The maximum absolute atomic E-state index is 12.5. The minimum Gasteiger partial charge on any atom is -0.463 e. The zero-order valence-electron chi connectivity index (χ0n) is 14.8. The summed E-state index contributed by atoms with van der Waals surface area (Å²) in [6, 6.07) is 7.52. The number of nitro benzene ring substituents is 1. The van der Waals surface area contributed by atoms with Crippen LogP contribution in [0.25, 0.3) is 0 Å². The Labute approximate surface area is 154 Å². The molecule has 0 saturated carbocycles. The van der Waals surface area contributed by atoms with E-state index in [4.69, 9.17) is 4.74 Å². The van der Waals surface area contributed by atoms with Crippen LogP contribution in [0.2, 0.25) is 0 Å². The molecule has 0 radical (unpaired) electrons. The molecule has 0 spiro atoms. The lowest BCUT2D eigenvalue weighted by molar-refractivity contribution is -0.385. The first kappa shape index (κ1) is 19.8. The summed E-state index contributed by atoms with van der Waals surface area (Å²) < 4.78 is 5.09. The molecule has 0 fully saturated rings. The Morgan fingerprint density at radius 3 is 2.56 bits per heavy atom. The van der Waals surface area contributed by atoms with E-state index >= 15 is 0 Å². The van der Waals surface area contributed by atoms with Crippen molar-refractivity contribution >= 4 is 17.6 Å². The number of carbonyl (C=O) groups is 2. The van der Waals surface area contributed by atoms with Crippen molar-refractivity contribution in [2.24, 2.45) is 0 Å². The monoisotopic (exact) mass is 373 g/mol. The summed E-state index contributed by atoms with van der Waals surface area (Å²) in [6.07, 6.45) is 0.676. The summed E-state index contributed by atoms with van der Waals surface area (Å²) in [5.74, 6) is -1.38. The smallest absolute Gasteiger partial charge is 0.308 e. The first-order valence-corrected chi connectivity index (χ1v) is 8.21. The van der Waals surface area contributed by atoms with E-state index in [1.54, 1.807) is 19.9 Å². The van der Waals surface area contributed by atoms with Crippen molar-refractivity contribution in [2.45, 2.75) is 32.4 Å². The van der Waals surface area contributed by atoms with E-state index in [-0.39, 0.29) is 29.3 Å². The molecule has 0 saturated heterocycles. The molecule has 0 aliphatic heterocycles. The van der Waals surface area contributed by atoms with Crippen LogP contribution in [-0.4, -0.2) is 27.9 Å². The van der Waals surface area contributed by atoms with Gasteiger partial charge >= 0.3 is 5.97 Å². The Bertz CT molecular complexity index is 906. The summed E-state index contributed by atoms with van der Waals surface area (Å²) >= 11 is 0. The highest BCUT2D eigenvalue weighted by atomic mass is 16.6. The fraction of sp³-hybridized carbons (Fsp3) is 0.278. The fourth-order valence-electron chi connectivity index (χ4n) is 2.50. The number of carbonyl (C=O) groups excluding carboxylic acids is 2. The summed E-state index contributed by atoms with van der Waals surface area (Å²) in [7, 11) is 0. The number of para-hydroxylation sites is 1. The molecule has 1 aromatic carbocycles. The van der Waals surface area contributed by atoms with Gasteiger partial charge in [-0.25, -0.2) is 0 Å². The molecule has 1 aromatic heterocycles. The van der Waals surface area contributed by atoms with E-state index < -0.39 is 28.4 Å². The molecule has 2 N–H and O–H groups in total. The number of amides is 1. The van der Waals surface area contributed by atoms with Crippen molar-refractivity contribution in [3.63, 3.8) is 0 Å². The van der Waals surface area contributed by atoms with E-state index in [1.807, 2.05) is 0 Å². The van der Waals surface area contributed by atoms with Crippen LogP contribution >= 0.6 is 0 Å². The summed E-state index contributed by atoms with van der Waals surface area (Å²) in [5.41, 5.74) is -0.884. The largest absolute Gasteiger partial charge is 0.463 e. The average Bonchev–Trinajstić information content (AvgIpc) is 2.60. The first-order valence-electron chi connectivity index (χ1n) is 8.21. The fourth-order valence-corrected chi connectivity index (χ4v) is 2.50. The maximum atomic E-state index is 12.5. The molecule has 9 heteroatoms. The molecule has 142 valence electrons. The van der Waals surface area contributed by atoms with Gasteiger partial charge in [-0.15, -0.1) is 0 Å². The van der Waals surface area contributed by atoms with Gasteiger partial charge in [0.25, 0.3) is 17.2 Å². The van der Waals surface area contributed by atoms with Crippen molar-refractivity contribution in [3.8, 4) is 0 Å². The second-order valence-electron chi connectivity index (χ2n) is 6.00. The first-order chi connectivity index (χ1) is 12.8. The summed E-state index contributed by atoms with van der Waals surface area (Å²) in [6.45, 7) is 3.33. The molecule has 27 heavy (non-hydrogen) atoms. The van der Waals surface area contributed by atoms with Crippen LogP contribution in [-0.2, 0) is 9.53 Å². The van der Waals surface area contributed by atoms with Gasteiger partial charge in [0.05, 0.1) is 29.1 Å². The Morgan fingerprint density at radius 2 is 1.93 bits per heavy atom. The number of benzene rings is 1. The molecule has 9 nitrogen and oxygen atoms in total. The van der Waals surface area contributed by atoms with Crippen LogP contribution in [0.4, 0.5) is 5.69 Å². The number of rotatable bonds is 7. The number of H-pyrrole nitrogens is 1. The lowest BCUT2D eigenvalue weighted by Gasteiger charge is -2.19. The van der Waals surface area contributed by atoms with Gasteiger partial charge in [0.1, 0.15) is 5.56 Å². The molecular formula is C18H19N3O6. The topological polar surface area (TPSA) is 131 Å². The molecule has 0 unspecified atom stereocenters. The molecule has 2 rings (SSSR count). The highest BCUT2D eigenvalue weighted by Gasteiger charge is 2.27. The number of hydrogen-bond acceptors (Lipinski definition) is 6. The molecule has 1 amide bonds. The van der Waals surface area contributed by atoms with Gasteiger partial charge in [0, 0.05) is 12.3 Å². The highest BCUT2D eigenvalue weighted by Crippen LogP contribution is 2.27. The van der Waals surface area contributed by atoms with E-state index in [0.29, 0.717) is 0 Å². The number of aromatic nitrogens is 1. The van der Waals surface area contributed by atoms with E-state index in [1.165, 1.54) is 36.5 Å². The Kier molecular flexibility index (Phi) is 6.42. The predicted molar refractivity (Wildman–Crippen MR) is 96.2 cm³/mol. The lowest BCUT2D eigenvalue weighted by atomic mass is 10.0. The Hall–Kier alpha value is -3.49. The van der Waals surface area contributed by atoms with Crippen molar-refractivity contribution < 1.29 is 19.2 Å². The Morgan fingerprint density at radius 1 is 1.22 bits per heavy atom. The van der Waals surface area contributed by atoms with Crippen molar-refractivity contribution in [1.29, 1.82) is 0 Å². The zero-order valence-corrected chi connectivity index (χ0v) is 14.8. The molecule has 1 heterocycles. The number of nitrogens with zero attached hydrogens (tertiary/aromatic N) is 1. The highest BCUT2D eigenvalue weighted by molar-refractivity contribution is 5.94. The number of pyridine rings is 1. The SMILES string of the molecule is CC(C)OC(=O)C[C@H](NC(=O)c1ccc[nH]c1=O)c1ccccc1[N+](=O)[O-]. The second-order valence-corrected chi connectivity index (χ2v) is 6.00. The van der Waals surface area contributed by atoms with Crippen LogP contribution in [0.3, 0.4) is 0 Å². The van der Waals surface area contributed by atoms with Gasteiger partial charge in [-0.3, -0.25) is 24.5 Å². The van der Waals surface area contributed by atoms with Gasteiger partial charge in [-0.2, -0.15) is 0 Å². The Balaban J connectivity index is 2.37. The van der Waals surface area contributed by atoms with Gasteiger partial charge in [0.2, 0.25) is 0 Å². The third-order valence-electron chi connectivity index (χ3n) is 3.61. The molecule has 0 aliphatic carbocycles. The number of esters is 1. The number of aromatic amines is 1. The van der Waals surface area contributed by atoms with Gasteiger partial charge in [0.15, 0.2) is 0 Å². The molecule has 1 atom stereocenters. The summed E-state index contributed by atoms with van der Waals surface area (Å²) in [5, 5.41) is 13.8. The van der Waals surface area contributed by atoms with Crippen molar-refractivity contribution in [3.05, 3.63) is 74.2 Å². The van der Waals surface area contributed by atoms with Crippen LogP contribution < -0.4 is 10.9 Å². The van der Waals surface area contributed by atoms with Crippen LogP contribution in [0.5, 0.6) is 0 Å².